The van der Waals surface area contributed by atoms with Crippen LogP contribution in [-0.4, -0.2) is 28.9 Å². The summed E-state index contributed by atoms with van der Waals surface area (Å²) >= 11 is 0. The number of amides is 3. The second kappa shape index (κ2) is 8.10. The SMILES string of the molecule is Cc1ccccc1C(CC(=O)N(C)Cc1cccnc1)NC(N)=O. The number of hydrogen-bond acceptors (Lipinski definition) is 3. The molecular weight excluding hydrogens is 304 g/mol. The Hall–Kier alpha value is -2.89. The molecule has 126 valence electrons. The van der Waals surface area contributed by atoms with Crippen molar-refractivity contribution in [2.75, 3.05) is 7.05 Å². The van der Waals surface area contributed by atoms with Crippen molar-refractivity contribution in [2.45, 2.75) is 25.9 Å². The molecule has 0 bridgehead atoms. The van der Waals surface area contributed by atoms with E-state index in [9.17, 15) is 9.59 Å². The number of rotatable bonds is 6. The molecule has 1 unspecified atom stereocenters. The summed E-state index contributed by atoms with van der Waals surface area (Å²) in [5, 5.41) is 2.67. The first-order valence-electron chi connectivity index (χ1n) is 7.71. The molecule has 0 fully saturated rings. The number of nitrogens with zero attached hydrogens (tertiary/aromatic N) is 2. The summed E-state index contributed by atoms with van der Waals surface area (Å²) in [7, 11) is 1.73. The topological polar surface area (TPSA) is 88.3 Å². The maximum atomic E-state index is 12.5. The highest BCUT2D eigenvalue weighted by Crippen LogP contribution is 2.21. The number of benzene rings is 1. The number of hydrogen-bond donors (Lipinski definition) is 2. The molecule has 1 heterocycles. The molecule has 0 spiro atoms. The summed E-state index contributed by atoms with van der Waals surface area (Å²) in [5.41, 5.74) is 8.11. The van der Waals surface area contributed by atoms with E-state index in [-0.39, 0.29) is 12.3 Å². The molecule has 0 aliphatic carbocycles. The van der Waals surface area contributed by atoms with E-state index in [0.717, 1.165) is 16.7 Å². The van der Waals surface area contributed by atoms with E-state index in [4.69, 9.17) is 5.73 Å². The first kappa shape index (κ1) is 17.5. The second-order valence-electron chi connectivity index (χ2n) is 5.73. The van der Waals surface area contributed by atoms with E-state index in [1.807, 2.05) is 43.3 Å². The predicted octanol–water partition coefficient (Wildman–Crippen LogP) is 2.15. The average Bonchev–Trinajstić information content (AvgIpc) is 2.55. The largest absolute Gasteiger partial charge is 0.352 e. The zero-order valence-corrected chi connectivity index (χ0v) is 13.9. The average molecular weight is 326 g/mol. The van der Waals surface area contributed by atoms with E-state index in [0.29, 0.717) is 6.54 Å². The lowest BCUT2D eigenvalue weighted by atomic mass is 9.98. The van der Waals surface area contributed by atoms with Crippen LogP contribution in [0.4, 0.5) is 4.79 Å². The molecule has 0 radical (unpaired) electrons. The maximum absolute atomic E-state index is 12.5. The number of aromatic nitrogens is 1. The molecule has 1 atom stereocenters. The van der Waals surface area contributed by atoms with Crippen molar-refractivity contribution in [3.8, 4) is 0 Å². The Morgan fingerprint density at radius 3 is 2.62 bits per heavy atom. The summed E-state index contributed by atoms with van der Waals surface area (Å²) < 4.78 is 0. The monoisotopic (exact) mass is 326 g/mol. The van der Waals surface area contributed by atoms with Crippen molar-refractivity contribution in [3.05, 3.63) is 65.5 Å². The Morgan fingerprint density at radius 1 is 1.25 bits per heavy atom. The lowest BCUT2D eigenvalue weighted by molar-refractivity contribution is -0.130. The fourth-order valence-electron chi connectivity index (χ4n) is 2.57. The van der Waals surface area contributed by atoms with Crippen molar-refractivity contribution in [1.29, 1.82) is 0 Å². The third-order valence-electron chi connectivity index (χ3n) is 3.83. The number of pyridine rings is 1. The zero-order valence-electron chi connectivity index (χ0n) is 13.9. The summed E-state index contributed by atoms with van der Waals surface area (Å²) in [5.74, 6) is -0.0825. The van der Waals surface area contributed by atoms with Gasteiger partial charge in [0.2, 0.25) is 5.91 Å². The van der Waals surface area contributed by atoms with Crippen molar-refractivity contribution >= 4 is 11.9 Å². The highest BCUT2D eigenvalue weighted by molar-refractivity contribution is 5.78. The van der Waals surface area contributed by atoms with Crippen molar-refractivity contribution in [2.24, 2.45) is 5.73 Å². The van der Waals surface area contributed by atoms with Crippen LogP contribution < -0.4 is 11.1 Å². The van der Waals surface area contributed by atoms with Crippen molar-refractivity contribution in [1.82, 2.24) is 15.2 Å². The number of carbonyl (C=O) groups excluding carboxylic acids is 2. The molecule has 2 aromatic rings. The Balaban J connectivity index is 2.09. The molecule has 1 aromatic heterocycles. The van der Waals surface area contributed by atoms with Crippen molar-refractivity contribution < 1.29 is 9.59 Å². The van der Waals surface area contributed by atoms with Gasteiger partial charge in [-0.15, -0.1) is 0 Å². The molecule has 0 aliphatic heterocycles. The molecule has 0 saturated heterocycles. The summed E-state index contributed by atoms with van der Waals surface area (Å²) in [6.07, 6.45) is 3.56. The molecule has 3 N–H and O–H groups in total. The Bertz CT molecular complexity index is 703. The highest BCUT2D eigenvalue weighted by atomic mass is 16.2. The molecule has 2 rings (SSSR count). The maximum Gasteiger partial charge on any atom is 0.312 e. The van der Waals surface area contributed by atoms with Gasteiger partial charge in [0, 0.05) is 26.0 Å². The lowest BCUT2D eigenvalue weighted by Crippen LogP contribution is -2.37. The van der Waals surface area contributed by atoms with Crippen LogP contribution in [0.1, 0.15) is 29.2 Å². The van der Waals surface area contributed by atoms with E-state index >= 15 is 0 Å². The number of nitrogens with one attached hydrogen (secondary N) is 1. The van der Waals surface area contributed by atoms with Gasteiger partial charge in [0.25, 0.3) is 0 Å². The standard InChI is InChI=1S/C18H22N4O2/c1-13-6-3-4-8-15(13)16(21-18(19)24)10-17(23)22(2)12-14-7-5-9-20-11-14/h3-9,11,16H,10,12H2,1-2H3,(H3,19,21,24). The first-order valence-corrected chi connectivity index (χ1v) is 7.71. The second-order valence-corrected chi connectivity index (χ2v) is 5.73. The molecule has 6 heteroatoms. The number of nitrogens with two attached hydrogens (primary N) is 1. The molecule has 0 saturated carbocycles. The van der Waals surface area contributed by atoms with Crippen LogP contribution in [0.2, 0.25) is 0 Å². The Labute approximate surface area is 141 Å². The van der Waals surface area contributed by atoms with Crippen LogP contribution in [0.25, 0.3) is 0 Å². The minimum absolute atomic E-state index is 0.0825. The van der Waals surface area contributed by atoms with Crippen LogP contribution in [0.3, 0.4) is 0 Å². The van der Waals surface area contributed by atoms with Crippen LogP contribution in [0, 0.1) is 6.92 Å². The van der Waals surface area contributed by atoms with Gasteiger partial charge in [0.15, 0.2) is 0 Å². The minimum atomic E-state index is -0.647. The zero-order chi connectivity index (χ0) is 17.5. The van der Waals surface area contributed by atoms with Gasteiger partial charge in [-0.05, 0) is 29.7 Å². The van der Waals surface area contributed by atoms with Crippen LogP contribution in [-0.2, 0) is 11.3 Å². The lowest BCUT2D eigenvalue weighted by Gasteiger charge is -2.23. The van der Waals surface area contributed by atoms with Gasteiger partial charge < -0.3 is 16.0 Å². The number of urea groups is 1. The summed E-state index contributed by atoms with van der Waals surface area (Å²) in [6, 6.07) is 10.3. The molecule has 24 heavy (non-hydrogen) atoms. The van der Waals surface area contributed by atoms with Crippen LogP contribution in [0.5, 0.6) is 0 Å². The highest BCUT2D eigenvalue weighted by Gasteiger charge is 2.21. The van der Waals surface area contributed by atoms with Gasteiger partial charge in [-0.3, -0.25) is 9.78 Å². The number of aryl methyl sites for hydroxylation is 1. The Morgan fingerprint density at radius 2 is 2.00 bits per heavy atom. The smallest absolute Gasteiger partial charge is 0.312 e. The number of carbonyl (C=O) groups is 2. The predicted molar refractivity (Wildman–Crippen MR) is 92.0 cm³/mol. The van der Waals surface area contributed by atoms with E-state index in [1.165, 1.54) is 0 Å². The number of primary amides is 1. The van der Waals surface area contributed by atoms with E-state index in [2.05, 4.69) is 10.3 Å². The molecule has 6 nitrogen and oxygen atoms in total. The fourth-order valence-corrected chi connectivity index (χ4v) is 2.57. The molecule has 0 aliphatic rings. The van der Waals surface area contributed by atoms with E-state index < -0.39 is 12.1 Å². The quantitative estimate of drug-likeness (QED) is 0.852. The molecular formula is C18H22N4O2. The fraction of sp³-hybridized carbons (Fsp3) is 0.278. The summed E-state index contributed by atoms with van der Waals surface area (Å²) in [6.45, 7) is 2.40. The molecule has 3 amide bonds. The third-order valence-corrected chi connectivity index (χ3v) is 3.83. The van der Waals surface area contributed by atoms with Crippen LogP contribution >= 0.6 is 0 Å². The molecule has 1 aromatic carbocycles. The summed E-state index contributed by atoms with van der Waals surface area (Å²) in [4.78, 5) is 29.5. The third kappa shape index (κ3) is 4.81. The van der Waals surface area contributed by atoms with Gasteiger partial charge in [-0.2, -0.15) is 0 Å². The minimum Gasteiger partial charge on any atom is -0.352 e. The van der Waals surface area contributed by atoms with Crippen molar-refractivity contribution in [3.63, 3.8) is 0 Å². The first-order chi connectivity index (χ1) is 11.5. The Kier molecular flexibility index (Phi) is 5.89. The van der Waals surface area contributed by atoms with Gasteiger partial charge in [-0.1, -0.05) is 30.3 Å². The van der Waals surface area contributed by atoms with Crippen LogP contribution in [0.15, 0.2) is 48.8 Å². The normalized spacial score (nSPS) is 11.6. The van der Waals surface area contributed by atoms with Gasteiger partial charge in [-0.25, -0.2) is 4.79 Å². The van der Waals surface area contributed by atoms with Gasteiger partial charge in [0.05, 0.1) is 12.5 Å². The van der Waals surface area contributed by atoms with Gasteiger partial charge >= 0.3 is 6.03 Å². The van der Waals surface area contributed by atoms with E-state index in [1.54, 1.807) is 24.3 Å². The van der Waals surface area contributed by atoms with Gasteiger partial charge in [0.1, 0.15) is 0 Å².